The molecule has 0 amide bonds. The van der Waals surface area contributed by atoms with E-state index >= 15 is 0 Å². The van der Waals surface area contributed by atoms with E-state index in [1.807, 2.05) is 32.0 Å². The molecule has 2 heterocycles. The SMILES string of the molecule is Cc1cc(C)nc(NC(N)=NCCc2ccco2)n1. The molecule has 2 aromatic rings. The quantitative estimate of drug-likeness (QED) is 0.643. The van der Waals surface area contributed by atoms with E-state index in [0.717, 1.165) is 17.1 Å². The van der Waals surface area contributed by atoms with Gasteiger partial charge in [0.1, 0.15) is 5.76 Å². The van der Waals surface area contributed by atoms with Crippen LogP contribution in [0.1, 0.15) is 17.1 Å². The maximum absolute atomic E-state index is 5.77. The fourth-order valence-corrected chi connectivity index (χ4v) is 1.68. The second-order valence-corrected chi connectivity index (χ2v) is 4.20. The molecule has 0 saturated heterocycles. The van der Waals surface area contributed by atoms with Crippen LogP contribution in [0.15, 0.2) is 33.9 Å². The summed E-state index contributed by atoms with van der Waals surface area (Å²) in [6.45, 7) is 4.37. The number of hydrogen-bond donors (Lipinski definition) is 2. The number of nitrogens with one attached hydrogen (secondary N) is 1. The molecule has 19 heavy (non-hydrogen) atoms. The number of nitrogens with two attached hydrogens (primary N) is 1. The number of rotatable bonds is 4. The molecule has 0 fully saturated rings. The molecule has 6 nitrogen and oxygen atoms in total. The molecular weight excluding hydrogens is 242 g/mol. The van der Waals surface area contributed by atoms with E-state index < -0.39 is 0 Å². The van der Waals surface area contributed by atoms with E-state index in [1.165, 1.54) is 0 Å². The highest BCUT2D eigenvalue weighted by Gasteiger charge is 2.01. The molecule has 0 aromatic carbocycles. The zero-order chi connectivity index (χ0) is 13.7. The lowest BCUT2D eigenvalue weighted by Crippen LogP contribution is -2.24. The van der Waals surface area contributed by atoms with Crippen molar-refractivity contribution in [3.63, 3.8) is 0 Å². The monoisotopic (exact) mass is 259 g/mol. The number of aryl methyl sites for hydroxylation is 2. The van der Waals surface area contributed by atoms with Gasteiger partial charge in [0.25, 0.3) is 0 Å². The highest BCUT2D eigenvalue weighted by molar-refractivity contribution is 5.90. The Morgan fingerprint density at radius 3 is 2.74 bits per heavy atom. The fraction of sp³-hybridized carbons (Fsp3) is 0.308. The van der Waals surface area contributed by atoms with Crippen LogP contribution in [-0.2, 0) is 6.42 Å². The van der Waals surface area contributed by atoms with Crippen molar-refractivity contribution in [2.24, 2.45) is 10.7 Å². The lowest BCUT2D eigenvalue weighted by atomic mass is 10.3. The standard InChI is InChI=1S/C13H17N5O/c1-9-8-10(2)17-13(16-9)18-12(14)15-6-5-11-4-3-7-19-11/h3-4,7-8H,5-6H2,1-2H3,(H3,14,15,16,17,18). The van der Waals surface area contributed by atoms with Crippen molar-refractivity contribution < 1.29 is 4.42 Å². The number of nitrogens with zero attached hydrogens (tertiary/aromatic N) is 3. The Morgan fingerprint density at radius 2 is 2.11 bits per heavy atom. The topological polar surface area (TPSA) is 89.3 Å². The van der Waals surface area contributed by atoms with E-state index in [9.17, 15) is 0 Å². The molecular formula is C13H17N5O. The maximum atomic E-state index is 5.77. The summed E-state index contributed by atoms with van der Waals surface area (Å²) in [7, 11) is 0. The van der Waals surface area contributed by atoms with Crippen LogP contribution in [0.2, 0.25) is 0 Å². The first-order chi connectivity index (χ1) is 9.13. The van der Waals surface area contributed by atoms with E-state index in [0.29, 0.717) is 24.9 Å². The van der Waals surface area contributed by atoms with Crippen molar-refractivity contribution in [2.45, 2.75) is 20.3 Å². The first kappa shape index (κ1) is 13.1. The molecule has 0 bridgehead atoms. The normalized spacial score (nSPS) is 11.6. The minimum Gasteiger partial charge on any atom is -0.469 e. The zero-order valence-corrected chi connectivity index (χ0v) is 11.1. The molecule has 3 N–H and O–H groups in total. The van der Waals surface area contributed by atoms with Gasteiger partial charge >= 0.3 is 0 Å². The van der Waals surface area contributed by atoms with Crippen LogP contribution in [0.4, 0.5) is 5.95 Å². The van der Waals surface area contributed by atoms with Gasteiger partial charge in [0, 0.05) is 24.4 Å². The van der Waals surface area contributed by atoms with Gasteiger partial charge in [-0.25, -0.2) is 9.97 Å². The summed E-state index contributed by atoms with van der Waals surface area (Å²) in [5.41, 5.74) is 7.55. The van der Waals surface area contributed by atoms with Crippen molar-refractivity contribution in [1.82, 2.24) is 9.97 Å². The summed E-state index contributed by atoms with van der Waals surface area (Å²) in [5, 5.41) is 2.88. The van der Waals surface area contributed by atoms with Crippen LogP contribution < -0.4 is 11.1 Å². The highest BCUT2D eigenvalue weighted by atomic mass is 16.3. The molecule has 6 heteroatoms. The fourth-order valence-electron chi connectivity index (χ4n) is 1.68. The van der Waals surface area contributed by atoms with E-state index in [4.69, 9.17) is 10.2 Å². The summed E-state index contributed by atoms with van der Waals surface area (Å²) in [6, 6.07) is 5.66. The van der Waals surface area contributed by atoms with Crippen molar-refractivity contribution in [3.8, 4) is 0 Å². The number of anilines is 1. The molecule has 0 aliphatic heterocycles. The molecule has 2 rings (SSSR count). The second kappa shape index (κ2) is 5.99. The summed E-state index contributed by atoms with van der Waals surface area (Å²) < 4.78 is 5.21. The Hall–Kier alpha value is -2.37. The van der Waals surface area contributed by atoms with Crippen LogP contribution >= 0.6 is 0 Å². The van der Waals surface area contributed by atoms with Gasteiger partial charge in [-0.15, -0.1) is 0 Å². The Bertz CT molecular complexity index is 542. The maximum Gasteiger partial charge on any atom is 0.229 e. The number of aliphatic imine (C=N–C) groups is 1. The van der Waals surface area contributed by atoms with Gasteiger partial charge in [-0.2, -0.15) is 0 Å². The lowest BCUT2D eigenvalue weighted by Gasteiger charge is -2.05. The Kier molecular flexibility index (Phi) is 4.12. The largest absolute Gasteiger partial charge is 0.469 e. The summed E-state index contributed by atoms with van der Waals surface area (Å²) in [5.74, 6) is 1.66. The van der Waals surface area contributed by atoms with Gasteiger partial charge in [-0.3, -0.25) is 10.3 Å². The van der Waals surface area contributed by atoms with E-state index in [-0.39, 0.29) is 0 Å². The second-order valence-electron chi connectivity index (χ2n) is 4.20. The van der Waals surface area contributed by atoms with Crippen molar-refractivity contribution in [3.05, 3.63) is 41.6 Å². The lowest BCUT2D eigenvalue weighted by molar-refractivity contribution is 0.511. The Balaban J connectivity index is 1.90. The van der Waals surface area contributed by atoms with Gasteiger partial charge in [0.2, 0.25) is 5.95 Å². The van der Waals surface area contributed by atoms with Crippen molar-refractivity contribution >= 4 is 11.9 Å². The summed E-state index contributed by atoms with van der Waals surface area (Å²) >= 11 is 0. The van der Waals surface area contributed by atoms with E-state index in [2.05, 4.69) is 20.3 Å². The number of guanidine groups is 1. The predicted octanol–water partition coefficient (Wildman–Crippen LogP) is 1.66. The number of aromatic nitrogens is 2. The summed E-state index contributed by atoms with van der Waals surface area (Å²) in [4.78, 5) is 12.7. The third-order valence-corrected chi connectivity index (χ3v) is 2.44. The smallest absolute Gasteiger partial charge is 0.229 e. The minimum atomic E-state index is 0.302. The average Bonchev–Trinajstić information content (AvgIpc) is 2.80. The molecule has 0 radical (unpaired) electrons. The van der Waals surface area contributed by atoms with Crippen molar-refractivity contribution in [2.75, 3.05) is 11.9 Å². The predicted molar refractivity (Wildman–Crippen MR) is 74.0 cm³/mol. The van der Waals surface area contributed by atoms with Crippen molar-refractivity contribution in [1.29, 1.82) is 0 Å². The zero-order valence-electron chi connectivity index (χ0n) is 11.1. The molecule has 0 aliphatic rings. The van der Waals surface area contributed by atoms with Crippen LogP contribution in [0, 0.1) is 13.8 Å². The summed E-state index contributed by atoms with van der Waals surface area (Å²) in [6.07, 6.45) is 2.35. The molecule has 0 atom stereocenters. The average molecular weight is 259 g/mol. The van der Waals surface area contributed by atoms with Gasteiger partial charge < -0.3 is 10.2 Å². The Labute approximate surface area is 111 Å². The third-order valence-electron chi connectivity index (χ3n) is 2.44. The highest BCUT2D eigenvalue weighted by Crippen LogP contribution is 2.03. The minimum absolute atomic E-state index is 0.302. The van der Waals surface area contributed by atoms with Crippen LogP contribution in [-0.4, -0.2) is 22.5 Å². The Morgan fingerprint density at radius 1 is 1.37 bits per heavy atom. The molecule has 100 valence electrons. The molecule has 0 saturated carbocycles. The van der Waals surface area contributed by atoms with Gasteiger partial charge in [-0.1, -0.05) is 0 Å². The number of hydrogen-bond acceptors (Lipinski definition) is 4. The van der Waals surface area contributed by atoms with Crippen LogP contribution in [0.25, 0.3) is 0 Å². The van der Waals surface area contributed by atoms with Crippen LogP contribution in [0.3, 0.4) is 0 Å². The van der Waals surface area contributed by atoms with Crippen LogP contribution in [0.5, 0.6) is 0 Å². The first-order valence-corrected chi connectivity index (χ1v) is 6.05. The van der Waals surface area contributed by atoms with E-state index in [1.54, 1.807) is 6.26 Å². The van der Waals surface area contributed by atoms with Gasteiger partial charge in [0.15, 0.2) is 5.96 Å². The molecule has 0 spiro atoms. The third kappa shape index (κ3) is 4.09. The van der Waals surface area contributed by atoms with Gasteiger partial charge in [-0.05, 0) is 32.0 Å². The molecule has 0 unspecified atom stereocenters. The molecule has 0 aliphatic carbocycles. The first-order valence-electron chi connectivity index (χ1n) is 6.05. The van der Waals surface area contributed by atoms with Gasteiger partial charge in [0.05, 0.1) is 6.26 Å². The number of furan rings is 1. The molecule has 2 aromatic heterocycles.